The van der Waals surface area contributed by atoms with Crippen LogP contribution in [0.1, 0.15) is 17.5 Å². The van der Waals surface area contributed by atoms with E-state index in [0.29, 0.717) is 31.0 Å². The number of halogens is 1. The smallest absolute Gasteiger partial charge is 0.289 e. The van der Waals surface area contributed by atoms with Gasteiger partial charge in [0.1, 0.15) is 11.6 Å². The first-order valence-corrected chi connectivity index (χ1v) is 6.91. The number of hydrogen-bond acceptors (Lipinski definition) is 3. The Morgan fingerprint density at radius 2 is 2.10 bits per heavy atom. The van der Waals surface area contributed by atoms with Gasteiger partial charge in [-0.25, -0.2) is 4.39 Å². The second-order valence-electron chi connectivity index (χ2n) is 5.08. The number of furan rings is 1. The van der Waals surface area contributed by atoms with E-state index in [9.17, 15) is 9.18 Å². The zero-order valence-corrected chi connectivity index (χ0v) is 11.7. The highest BCUT2D eigenvalue weighted by Crippen LogP contribution is 2.25. The van der Waals surface area contributed by atoms with Gasteiger partial charge in [0.05, 0.1) is 18.3 Å². The van der Waals surface area contributed by atoms with Crippen molar-refractivity contribution >= 4 is 5.91 Å². The normalized spacial score (nSPS) is 18.8. The van der Waals surface area contributed by atoms with E-state index in [1.165, 1.54) is 6.07 Å². The third-order valence-corrected chi connectivity index (χ3v) is 3.48. The fourth-order valence-electron chi connectivity index (χ4n) is 2.42. The molecular formula is C16H16FNO3. The van der Waals surface area contributed by atoms with Gasteiger partial charge in [-0.3, -0.25) is 4.79 Å². The van der Waals surface area contributed by atoms with E-state index in [1.54, 1.807) is 35.2 Å². The van der Waals surface area contributed by atoms with Gasteiger partial charge in [-0.15, -0.1) is 0 Å². The molecule has 4 nitrogen and oxygen atoms in total. The molecule has 3 rings (SSSR count). The molecule has 1 fully saturated rings. The fourth-order valence-corrected chi connectivity index (χ4v) is 2.42. The summed E-state index contributed by atoms with van der Waals surface area (Å²) in [6, 6.07) is 9.54. The summed E-state index contributed by atoms with van der Waals surface area (Å²) >= 11 is 0. The lowest BCUT2D eigenvalue weighted by molar-refractivity contribution is -0.0134. The third kappa shape index (κ3) is 2.83. The third-order valence-electron chi connectivity index (χ3n) is 3.48. The summed E-state index contributed by atoms with van der Waals surface area (Å²) in [5.74, 6) is 0.0266. The highest BCUT2D eigenvalue weighted by molar-refractivity contribution is 5.92. The molecule has 1 aliphatic heterocycles. The molecule has 21 heavy (non-hydrogen) atoms. The molecule has 1 atom stereocenters. The summed E-state index contributed by atoms with van der Waals surface area (Å²) in [5, 5.41) is 0. The van der Waals surface area contributed by atoms with E-state index >= 15 is 0 Å². The molecule has 0 N–H and O–H groups in total. The molecule has 1 unspecified atom stereocenters. The van der Waals surface area contributed by atoms with Crippen LogP contribution in [0.2, 0.25) is 0 Å². The Morgan fingerprint density at radius 3 is 2.86 bits per heavy atom. The molecule has 5 heteroatoms. The second-order valence-corrected chi connectivity index (χ2v) is 5.08. The Kier molecular flexibility index (Phi) is 3.75. The van der Waals surface area contributed by atoms with Crippen molar-refractivity contribution in [3.8, 4) is 11.3 Å². The van der Waals surface area contributed by atoms with Crippen molar-refractivity contribution in [1.82, 2.24) is 4.90 Å². The highest BCUT2D eigenvalue weighted by atomic mass is 19.1. The number of benzene rings is 1. The first-order chi connectivity index (χ1) is 10.1. The summed E-state index contributed by atoms with van der Waals surface area (Å²) in [7, 11) is 0. The number of amides is 1. The molecule has 110 valence electrons. The Balaban J connectivity index is 1.82. The summed E-state index contributed by atoms with van der Waals surface area (Å²) in [4.78, 5) is 14.1. The fraction of sp³-hybridized carbons (Fsp3) is 0.312. The zero-order valence-electron chi connectivity index (χ0n) is 11.7. The van der Waals surface area contributed by atoms with Gasteiger partial charge < -0.3 is 14.1 Å². The largest absolute Gasteiger partial charge is 0.451 e. The zero-order chi connectivity index (χ0) is 14.8. The van der Waals surface area contributed by atoms with Gasteiger partial charge in [-0.1, -0.05) is 12.1 Å². The minimum absolute atomic E-state index is 0.0173. The van der Waals surface area contributed by atoms with E-state index in [0.717, 1.165) is 0 Å². The number of ether oxygens (including phenoxy) is 1. The number of morpholine rings is 1. The lowest BCUT2D eigenvalue weighted by Crippen LogP contribution is -2.44. The van der Waals surface area contributed by atoms with E-state index in [2.05, 4.69) is 0 Å². The molecule has 0 aliphatic carbocycles. The van der Waals surface area contributed by atoms with E-state index in [1.807, 2.05) is 6.92 Å². The predicted octanol–water partition coefficient (Wildman–Crippen LogP) is 2.95. The Morgan fingerprint density at radius 1 is 1.29 bits per heavy atom. The standard InChI is InChI=1S/C16H16FNO3/c1-11-10-18(8-9-20-11)16(19)15-7-6-14(21-15)12-4-2-3-5-13(12)17/h2-7,11H,8-10H2,1H3. The first-order valence-electron chi connectivity index (χ1n) is 6.91. The van der Waals surface area contributed by atoms with Gasteiger partial charge in [0.15, 0.2) is 5.76 Å². The monoisotopic (exact) mass is 289 g/mol. The van der Waals surface area contributed by atoms with Crippen LogP contribution in [-0.2, 0) is 4.74 Å². The van der Waals surface area contributed by atoms with Gasteiger partial charge in [0.25, 0.3) is 5.91 Å². The molecule has 0 spiro atoms. The second kappa shape index (κ2) is 5.69. The molecule has 0 bridgehead atoms. The number of carbonyl (C=O) groups excluding carboxylic acids is 1. The predicted molar refractivity (Wildman–Crippen MR) is 75.4 cm³/mol. The quantitative estimate of drug-likeness (QED) is 0.853. The van der Waals surface area contributed by atoms with E-state index < -0.39 is 0 Å². The van der Waals surface area contributed by atoms with Crippen molar-refractivity contribution in [2.45, 2.75) is 13.0 Å². The molecule has 1 amide bonds. The van der Waals surface area contributed by atoms with Gasteiger partial charge in [-0.2, -0.15) is 0 Å². The van der Waals surface area contributed by atoms with Crippen molar-refractivity contribution in [3.05, 3.63) is 48.0 Å². The van der Waals surface area contributed by atoms with Crippen LogP contribution in [0.15, 0.2) is 40.8 Å². The lowest BCUT2D eigenvalue weighted by atomic mass is 10.1. The van der Waals surface area contributed by atoms with Crippen LogP contribution in [0.25, 0.3) is 11.3 Å². The van der Waals surface area contributed by atoms with Gasteiger partial charge in [0.2, 0.25) is 0 Å². The summed E-state index contributed by atoms with van der Waals surface area (Å²) in [6.07, 6.45) is 0.0173. The summed E-state index contributed by atoms with van der Waals surface area (Å²) < 4.78 is 24.7. The minimum atomic E-state index is -0.370. The highest BCUT2D eigenvalue weighted by Gasteiger charge is 2.25. The van der Waals surface area contributed by atoms with Gasteiger partial charge in [-0.05, 0) is 31.2 Å². The Bertz CT molecular complexity index is 652. The van der Waals surface area contributed by atoms with Gasteiger partial charge >= 0.3 is 0 Å². The van der Waals surface area contributed by atoms with Crippen LogP contribution < -0.4 is 0 Å². The molecule has 1 aromatic carbocycles. The lowest BCUT2D eigenvalue weighted by Gasteiger charge is -2.30. The Labute approximate surface area is 122 Å². The van der Waals surface area contributed by atoms with Crippen LogP contribution >= 0.6 is 0 Å². The molecule has 1 aliphatic rings. The average molecular weight is 289 g/mol. The van der Waals surface area contributed by atoms with Crippen LogP contribution in [0.3, 0.4) is 0 Å². The van der Waals surface area contributed by atoms with Gasteiger partial charge in [0, 0.05) is 13.1 Å². The molecule has 2 heterocycles. The van der Waals surface area contributed by atoms with Crippen molar-refractivity contribution in [3.63, 3.8) is 0 Å². The molecule has 0 radical (unpaired) electrons. The average Bonchev–Trinajstić information content (AvgIpc) is 2.96. The summed E-state index contributed by atoms with van der Waals surface area (Å²) in [6.45, 7) is 3.52. The topological polar surface area (TPSA) is 42.7 Å². The minimum Gasteiger partial charge on any atom is -0.451 e. The number of nitrogens with zero attached hydrogens (tertiary/aromatic N) is 1. The molecule has 1 aromatic heterocycles. The number of carbonyl (C=O) groups is 1. The first kappa shape index (κ1) is 13.8. The number of hydrogen-bond donors (Lipinski definition) is 0. The van der Waals surface area contributed by atoms with Crippen LogP contribution in [0.4, 0.5) is 4.39 Å². The van der Waals surface area contributed by atoms with Crippen LogP contribution in [-0.4, -0.2) is 36.6 Å². The molecular weight excluding hydrogens is 273 g/mol. The van der Waals surface area contributed by atoms with Crippen molar-refractivity contribution in [1.29, 1.82) is 0 Å². The molecule has 2 aromatic rings. The molecule has 0 saturated carbocycles. The van der Waals surface area contributed by atoms with Crippen LogP contribution in [0, 0.1) is 5.82 Å². The molecule has 1 saturated heterocycles. The maximum absolute atomic E-state index is 13.7. The van der Waals surface area contributed by atoms with Crippen molar-refractivity contribution < 1.29 is 18.3 Å². The maximum atomic E-state index is 13.7. The Hall–Kier alpha value is -2.14. The van der Waals surface area contributed by atoms with E-state index in [-0.39, 0.29) is 23.6 Å². The van der Waals surface area contributed by atoms with Crippen molar-refractivity contribution in [2.24, 2.45) is 0 Å². The maximum Gasteiger partial charge on any atom is 0.289 e. The number of rotatable bonds is 2. The summed E-state index contributed by atoms with van der Waals surface area (Å²) in [5.41, 5.74) is 0.354. The van der Waals surface area contributed by atoms with E-state index in [4.69, 9.17) is 9.15 Å². The van der Waals surface area contributed by atoms with Crippen molar-refractivity contribution in [2.75, 3.05) is 19.7 Å². The SMILES string of the molecule is CC1CN(C(=O)c2ccc(-c3ccccc3F)o2)CCO1. The van der Waals surface area contributed by atoms with Crippen LogP contribution in [0.5, 0.6) is 0 Å².